The van der Waals surface area contributed by atoms with Gasteiger partial charge in [0.2, 0.25) is 5.91 Å². The molecule has 1 amide bonds. The number of amides is 1. The van der Waals surface area contributed by atoms with Crippen molar-refractivity contribution < 1.29 is 9.18 Å². The van der Waals surface area contributed by atoms with E-state index in [1.807, 2.05) is 6.92 Å². The number of likely N-dealkylation sites (N-methyl/N-ethyl adjacent to an activating group) is 1. The van der Waals surface area contributed by atoms with Gasteiger partial charge in [-0.25, -0.2) is 9.37 Å². The van der Waals surface area contributed by atoms with Gasteiger partial charge in [-0.15, -0.1) is 0 Å². The van der Waals surface area contributed by atoms with E-state index >= 15 is 4.39 Å². The van der Waals surface area contributed by atoms with Gasteiger partial charge in [-0.05, 0) is 155 Å². The molecule has 0 spiro atoms. The Hall–Kier alpha value is -5.29. The summed E-state index contributed by atoms with van der Waals surface area (Å²) in [6.07, 6.45) is 19.8. The minimum atomic E-state index is -0.627. The Morgan fingerprint density at radius 3 is 2.39 bits per heavy atom. The van der Waals surface area contributed by atoms with E-state index in [4.69, 9.17) is 11.6 Å². The normalized spacial score (nSPS) is 19.8. The molecule has 0 saturated carbocycles. The summed E-state index contributed by atoms with van der Waals surface area (Å²) >= 11 is 0. The first-order valence-electron chi connectivity index (χ1n) is 29.7. The molecule has 8 rings (SSSR count). The zero-order valence-corrected chi connectivity index (χ0v) is 51.2. The summed E-state index contributed by atoms with van der Waals surface area (Å²) in [4.78, 5) is 25.7. The monoisotopic (exact) mass is 1100 g/mol. The standard InChI is InChI=1S/C69H93FN6OP2/c1-16-54(17-2)59-36-46(6)75(52(59)12)34-24-20-21-27-48(8)79(15)43-66(77)71-41-47(7)74(13)55(38-53-28-22-19-23-29-53)37-49(9)78(14)35-25-26-45(5)72-63-33-32-57-50(10)62(70)40-64-67(57)68(63)61-42-76-51(11)58-31-30-44(4)56(18-3)60(58)39-65(76)69(61)73-64/h19,22-23,28-29,39-40,54-56,59,63,72H,4-9,11-12,16-18,20-21,24-27,30-38,41-43H2,1-3,10,13-15H3,(H,71,77). The number of benzene rings is 2. The SMILES string of the molecule is C=C(CCCP(C)C(=C)CC(Cc1ccccc1)N(C)C(=C)CNC(=O)CP(C)C(=C)CCCCCN1C(=C)CC(C(CC)CC)C1=C)NC1CCc2c(C)c(F)cc3nc4c(c1c23)CN1C(=C)C2=C(C=C41)C(CC)C(=C)CC2. The quantitative estimate of drug-likeness (QED) is 0.0429. The number of hydrogen-bond acceptors (Lipinski definition) is 6. The van der Waals surface area contributed by atoms with Crippen LogP contribution in [0.2, 0.25) is 0 Å². The number of halogens is 1. The summed E-state index contributed by atoms with van der Waals surface area (Å²) < 4.78 is 15.6. The number of aromatic nitrogens is 1. The minimum absolute atomic E-state index is 0.0422. The van der Waals surface area contributed by atoms with Crippen molar-refractivity contribution in [3.63, 3.8) is 0 Å². The van der Waals surface area contributed by atoms with E-state index in [0.29, 0.717) is 37.0 Å². The van der Waals surface area contributed by atoms with Crippen molar-refractivity contribution in [2.24, 2.45) is 17.8 Å². The van der Waals surface area contributed by atoms with E-state index in [9.17, 15) is 4.79 Å². The maximum absolute atomic E-state index is 15.6. The van der Waals surface area contributed by atoms with E-state index in [1.165, 1.54) is 68.3 Å². The minimum Gasteiger partial charge on any atom is -0.382 e. The van der Waals surface area contributed by atoms with Crippen LogP contribution in [-0.4, -0.2) is 77.4 Å². The predicted octanol–water partition coefficient (Wildman–Crippen LogP) is 17.1. The van der Waals surface area contributed by atoms with Crippen LogP contribution in [-0.2, 0) is 24.2 Å². The van der Waals surface area contributed by atoms with Crippen LogP contribution in [0.1, 0.15) is 150 Å². The average molecular weight is 1100 g/mol. The molecule has 5 aliphatic rings. The maximum Gasteiger partial charge on any atom is 0.224 e. The van der Waals surface area contributed by atoms with Crippen LogP contribution < -0.4 is 10.6 Å². The summed E-state index contributed by atoms with van der Waals surface area (Å²) in [5.74, 6) is 1.41. The molecular formula is C69H93FN6OP2. The Kier molecular flexibility index (Phi) is 20.1. The summed E-state index contributed by atoms with van der Waals surface area (Å²) in [7, 11) is 1.02. The van der Waals surface area contributed by atoms with Gasteiger partial charge in [0.25, 0.3) is 0 Å². The van der Waals surface area contributed by atoms with Crippen LogP contribution in [0.25, 0.3) is 16.6 Å². The van der Waals surface area contributed by atoms with Gasteiger partial charge in [-0.3, -0.25) is 4.79 Å². The maximum atomic E-state index is 15.6. The van der Waals surface area contributed by atoms with Gasteiger partial charge in [0.05, 0.1) is 42.2 Å². The van der Waals surface area contributed by atoms with E-state index in [0.717, 1.165) is 153 Å². The summed E-state index contributed by atoms with van der Waals surface area (Å²) in [5.41, 5.74) is 17.8. The number of rotatable bonds is 28. The van der Waals surface area contributed by atoms with E-state index in [2.05, 4.69) is 149 Å². The van der Waals surface area contributed by atoms with Gasteiger partial charge < -0.3 is 25.3 Å². The number of fused-ring (bicyclic) bond motifs is 4. The molecule has 10 heteroatoms. The molecule has 422 valence electrons. The molecule has 4 heterocycles. The van der Waals surface area contributed by atoms with Crippen LogP contribution >= 0.6 is 15.8 Å². The highest BCUT2D eigenvalue weighted by Crippen LogP contribution is 2.52. The van der Waals surface area contributed by atoms with Gasteiger partial charge >= 0.3 is 0 Å². The lowest BCUT2D eigenvalue weighted by atomic mass is 9.75. The summed E-state index contributed by atoms with van der Waals surface area (Å²) in [5, 5.41) is 10.7. The van der Waals surface area contributed by atoms with Crippen molar-refractivity contribution in [3.8, 4) is 0 Å². The fourth-order valence-electron chi connectivity index (χ4n) is 13.5. The lowest BCUT2D eigenvalue weighted by Gasteiger charge is -2.37. The molecule has 3 aliphatic heterocycles. The Balaban J connectivity index is 0.825. The molecule has 0 radical (unpaired) electrons. The van der Waals surface area contributed by atoms with E-state index in [-0.39, 0.29) is 23.8 Å². The second kappa shape index (κ2) is 26.5. The number of hydrogen-bond donors (Lipinski definition) is 2. The first-order chi connectivity index (χ1) is 37.8. The summed E-state index contributed by atoms with van der Waals surface area (Å²) in [6.45, 7) is 51.7. The Morgan fingerprint density at radius 2 is 1.67 bits per heavy atom. The van der Waals surface area contributed by atoms with Crippen molar-refractivity contribution in [1.82, 2.24) is 30.3 Å². The molecule has 3 aromatic rings. The highest BCUT2D eigenvalue weighted by Gasteiger charge is 2.41. The molecule has 1 fully saturated rings. The second-order valence-electron chi connectivity index (χ2n) is 23.6. The fraction of sp³-hybridized carbons (Fsp3) is 0.478. The van der Waals surface area contributed by atoms with Crippen LogP contribution in [0.15, 0.2) is 151 Å². The Morgan fingerprint density at radius 1 is 0.924 bits per heavy atom. The number of nitrogens with one attached hydrogen (secondary N) is 2. The van der Waals surface area contributed by atoms with E-state index < -0.39 is 15.8 Å². The lowest BCUT2D eigenvalue weighted by Crippen LogP contribution is -2.38. The highest BCUT2D eigenvalue weighted by molar-refractivity contribution is 7.62. The van der Waals surface area contributed by atoms with Gasteiger partial charge in [0.15, 0.2) is 0 Å². The third-order valence-corrected chi connectivity index (χ3v) is 22.9. The summed E-state index contributed by atoms with van der Waals surface area (Å²) in [6, 6.07) is 12.5. The molecule has 6 unspecified atom stereocenters. The number of aryl methyl sites for hydroxylation is 1. The van der Waals surface area contributed by atoms with Crippen molar-refractivity contribution >= 4 is 38.4 Å². The molecule has 2 aliphatic carbocycles. The zero-order chi connectivity index (χ0) is 56.8. The van der Waals surface area contributed by atoms with Crippen LogP contribution in [0, 0.1) is 30.5 Å². The van der Waals surface area contributed by atoms with E-state index in [1.54, 1.807) is 6.07 Å². The number of carbonyl (C=O) groups is 1. The van der Waals surface area contributed by atoms with Crippen LogP contribution in [0.3, 0.4) is 0 Å². The molecule has 2 N–H and O–H groups in total. The first-order valence-corrected chi connectivity index (χ1v) is 33.6. The van der Waals surface area contributed by atoms with Crippen molar-refractivity contribution in [1.29, 1.82) is 0 Å². The van der Waals surface area contributed by atoms with Gasteiger partial charge in [0.1, 0.15) is 5.82 Å². The third kappa shape index (κ3) is 13.2. The lowest BCUT2D eigenvalue weighted by molar-refractivity contribution is -0.118. The number of allylic oxidation sites excluding steroid dienone is 8. The molecule has 0 bridgehead atoms. The molecule has 2 aromatic carbocycles. The smallest absolute Gasteiger partial charge is 0.224 e. The Labute approximate surface area is 478 Å². The molecule has 7 nitrogen and oxygen atoms in total. The average Bonchev–Trinajstić information content (AvgIpc) is 3.48. The molecule has 1 saturated heterocycles. The predicted molar refractivity (Wildman–Crippen MR) is 339 cm³/mol. The highest BCUT2D eigenvalue weighted by atomic mass is 31.1. The van der Waals surface area contributed by atoms with Crippen molar-refractivity contribution in [2.45, 2.75) is 149 Å². The fourth-order valence-corrected chi connectivity index (χ4v) is 16.3. The van der Waals surface area contributed by atoms with Crippen molar-refractivity contribution in [3.05, 3.63) is 190 Å². The van der Waals surface area contributed by atoms with Crippen molar-refractivity contribution in [2.75, 3.05) is 45.8 Å². The van der Waals surface area contributed by atoms with Gasteiger partial charge in [-0.2, -0.15) is 0 Å². The molecule has 1 aromatic heterocycles. The van der Waals surface area contributed by atoms with Crippen LogP contribution in [0.4, 0.5) is 4.39 Å². The number of carbonyl (C=O) groups excluding carboxylic acids is 1. The van der Waals surface area contributed by atoms with Crippen LogP contribution in [0.5, 0.6) is 0 Å². The topological polar surface area (TPSA) is 63.7 Å². The number of pyridine rings is 1. The number of unbranched alkanes of at least 4 members (excludes halogenated alkanes) is 2. The number of likely N-dealkylation sites (tertiary alicyclic amines) is 1. The van der Waals surface area contributed by atoms with Gasteiger partial charge in [-0.1, -0.05) is 155 Å². The zero-order valence-electron chi connectivity index (χ0n) is 49.4. The third-order valence-electron chi connectivity index (χ3n) is 18.6. The van der Waals surface area contributed by atoms with Gasteiger partial charge in [0, 0.05) is 77.0 Å². The number of nitrogens with zero attached hydrogens (tertiary/aromatic N) is 4. The molecule has 6 atom stereocenters. The molecule has 79 heavy (non-hydrogen) atoms. The second-order valence-corrected chi connectivity index (χ2v) is 28.4. The Bertz CT molecular complexity index is 2960. The molecular weight excluding hydrogens is 1010 g/mol. The largest absolute Gasteiger partial charge is 0.382 e. The first kappa shape index (κ1) is 59.8.